The maximum absolute atomic E-state index is 13.5. The van der Waals surface area contributed by atoms with E-state index in [1.54, 1.807) is 18.7 Å². The van der Waals surface area contributed by atoms with Gasteiger partial charge in [-0.3, -0.25) is 4.79 Å². The largest absolute Gasteiger partial charge is 0.416 e. The summed E-state index contributed by atoms with van der Waals surface area (Å²) < 4.78 is 68.7. The van der Waals surface area contributed by atoms with Crippen LogP contribution < -0.4 is 16.1 Å². The molecule has 2 aromatic rings. The van der Waals surface area contributed by atoms with Crippen LogP contribution in [0, 0.1) is 0 Å². The summed E-state index contributed by atoms with van der Waals surface area (Å²) in [5.74, 6) is 0. The zero-order valence-corrected chi connectivity index (χ0v) is 15.5. The molecule has 12 heteroatoms. The fourth-order valence-electron chi connectivity index (χ4n) is 2.67. The number of hydrogen-bond donors (Lipinski definition) is 2. The van der Waals surface area contributed by atoms with Crippen LogP contribution in [0.25, 0.3) is 10.9 Å². The van der Waals surface area contributed by atoms with Crippen molar-refractivity contribution in [1.29, 1.82) is 0 Å². The van der Waals surface area contributed by atoms with Gasteiger partial charge < -0.3 is 9.72 Å². The molecule has 0 radical (unpaired) electrons. The molecule has 2 N–H and O–H groups in total. The van der Waals surface area contributed by atoms with Gasteiger partial charge in [-0.25, -0.2) is 18.0 Å². The van der Waals surface area contributed by atoms with E-state index in [1.807, 2.05) is 0 Å². The minimum absolute atomic E-state index is 0.152. The number of nitrogens with one attached hydrogen (secondary N) is 2. The Morgan fingerprint density at radius 2 is 1.89 bits per heavy atom. The van der Waals surface area contributed by atoms with E-state index in [-0.39, 0.29) is 34.2 Å². The lowest BCUT2D eigenvalue weighted by Gasteiger charge is -2.21. The van der Waals surface area contributed by atoms with Crippen LogP contribution in [-0.4, -0.2) is 30.9 Å². The van der Waals surface area contributed by atoms with Crippen LogP contribution in [0.1, 0.15) is 37.5 Å². The fraction of sp³-hybridized carbons (Fsp3) is 0.467. The van der Waals surface area contributed by atoms with Gasteiger partial charge >= 0.3 is 11.9 Å². The van der Waals surface area contributed by atoms with E-state index >= 15 is 0 Å². The third-order valence-corrected chi connectivity index (χ3v) is 4.23. The van der Waals surface area contributed by atoms with Gasteiger partial charge in [-0.05, 0) is 31.0 Å². The summed E-state index contributed by atoms with van der Waals surface area (Å²) in [4.78, 5) is 28.3. The molecule has 0 fully saturated rings. The van der Waals surface area contributed by atoms with Crippen molar-refractivity contribution in [1.82, 2.24) is 9.66 Å². The Labute approximate surface area is 152 Å². The van der Waals surface area contributed by atoms with Gasteiger partial charge in [0.15, 0.2) is 0 Å². The second-order valence-electron chi connectivity index (χ2n) is 5.77. The predicted octanol–water partition coefficient (Wildman–Crippen LogP) is 1.70. The fourth-order valence-corrected chi connectivity index (χ4v) is 3.17. The number of H-pyrrole nitrogens is 1. The number of rotatable bonds is 6. The van der Waals surface area contributed by atoms with Gasteiger partial charge in [0.2, 0.25) is 10.0 Å². The zero-order chi connectivity index (χ0) is 20.6. The van der Waals surface area contributed by atoms with E-state index in [9.17, 15) is 31.2 Å². The summed E-state index contributed by atoms with van der Waals surface area (Å²) in [6.45, 7) is 3.40. The number of sulfonamides is 1. The maximum atomic E-state index is 13.5. The maximum Gasteiger partial charge on any atom is 0.416 e. The molecule has 0 aliphatic rings. The third kappa shape index (κ3) is 4.50. The Morgan fingerprint density at radius 1 is 1.26 bits per heavy atom. The first-order valence-corrected chi connectivity index (χ1v) is 9.77. The monoisotopic (exact) mass is 409 g/mol. The van der Waals surface area contributed by atoms with Crippen LogP contribution in [0.4, 0.5) is 13.2 Å². The molecule has 150 valence electrons. The molecule has 0 saturated carbocycles. The third-order valence-electron chi connectivity index (χ3n) is 3.72. The minimum Gasteiger partial charge on any atom is -0.374 e. The molecule has 1 heterocycles. The molecule has 0 saturated heterocycles. The van der Waals surface area contributed by atoms with Crippen LogP contribution in [0.15, 0.2) is 21.7 Å². The van der Waals surface area contributed by atoms with Crippen LogP contribution in [0.2, 0.25) is 0 Å². The molecule has 27 heavy (non-hydrogen) atoms. The standard InChI is InChI=1S/C15H18F3N3O5S/c1-4-12(26-5-2)8-6-9-11(7-10(8)15(16,17)18)19-14(23)21(13(9)22)20-27(3,24)25/h6-7,12,20H,4-5H2,1-3H3,(H,19,23). The highest BCUT2D eigenvalue weighted by atomic mass is 32.2. The second-order valence-corrected chi connectivity index (χ2v) is 7.50. The Balaban J connectivity index is 2.88. The summed E-state index contributed by atoms with van der Waals surface area (Å²) in [5.41, 5.74) is -3.98. The van der Waals surface area contributed by atoms with Crippen molar-refractivity contribution in [3.63, 3.8) is 0 Å². The van der Waals surface area contributed by atoms with Crippen LogP contribution >= 0.6 is 0 Å². The van der Waals surface area contributed by atoms with Crippen molar-refractivity contribution in [2.45, 2.75) is 32.5 Å². The average Bonchev–Trinajstić information content (AvgIpc) is 2.54. The van der Waals surface area contributed by atoms with Crippen molar-refractivity contribution in [3.8, 4) is 0 Å². The van der Waals surface area contributed by atoms with E-state index in [2.05, 4.69) is 4.98 Å². The lowest BCUT2D eigenvalue weighted by Crippen LogP contribution is -2.43. The van der Waals surface area contributed by atoms with Crippen molar-refractivity contribution in [2.75, 3.05) is 17.7 Å². The van der Waals surface area contributed by atoms with E-state index in [4.69, 9.17) is 4.74 Å². The molecule has 1 unspecified atom stereocenters. The Kier molecular flexibility index (Phi) is 5.71. The SMILES string of the molecule is CCOC(CC)c1cc2c(=O)n(NS(C)(=O)=O)c(=O)[nH]c2cc1C(F)(F)F. The molecular formula is C15H18F3N3O5S. The average molecular weight is 409 g/mol. The Bertz CT molecular complexity index is 1070. The first-order chi connectivity index (χ1) is 12.4. The molecule has 1 aromatic carbocycles. The van der Waals surface area contributed by atoms with Gasteiger partial charge in [-0.2, -0.15) is 17.8 Å². The first-order valence-electron chi connectivity index (χ1n) is 7.88. The number of aromatic nitrogens is 2. The number of aromatic amines is 1. The molecule has 2 rings (SSSR count). The van der Waals surface area contributed by atoms with Crippen molar-refractivity contribution in [2.24, 2.45) is 0 Å². The van der Waals surface area contributed by atoms with E-state index in [1.165, 1.54) is 0 Å². The lowest BCUT2D eigenvalue weighted by atomic mass is 9.97. The molecule has 0 amide bonds. The highest BCUT2D eigenvalue weighted by Gasteiger charge is 2.36. The number of fused-ring (bicyclic) bond motifs is 1. The molecular weight excluding hydrogens is 391 g/mol. The molecule has 0 aliphatic heterocycles. The minimum atomic E-state index is -4.75. The van der Waals surface area contributed by atoms with Gasteiger partial charge in [0, 0.05) is 6.61 Å². The van der Waals surface area contributed by atoms with Crippen LogP contribution in [0.3, 0.4) is 0 Å². The zero-order valence-electron chi connectivity index (χ0n) is 14.7. The normalized spacial score (nSPS) is 13.7. The van der Waals surface area contributed by atoms with Gasteiger partial charge in [-0.15, -0.1) is 0 Å². The van der Waals surface area contributed by atoms with Gasteiger partial charge in [0.1, 0.15) is 0 Å². The van der Waals surface area contributed by atoms with Crippen molar-refractivity contribution >= 4 is 20.9 Å². The highest BCUT2D eigenvalue weighted by Crippen LogP contribution is 2.38. The quantitative estimate of drug-likeness (QED) is 0.755. The van der Waals surface area contributed by atoms with E-state index in [0.717, 1.165) is 12.3 Å². The van der Waals surface area contributed by atoms with E-state index < -0.39 is 39.1 Å². The number of nitrogens with zero attached hydrogens (tertiary/aromatic N) is 1. The first kappa shape index (κ1) is 21.0. The topological polar surface area (TPSA) is 110 Å². The number of benzene rings is 1. The lowest BCUT2D eigenvalue weighted by molar-refractivity contribution is -0.139. The summed E-state index contributed by atoms with van der Waals surface area (Å²) in [7, 11) is -3.97. The molecule has 1 aromatic heterocycles. The van der Waals surface area contributed by atoms with Crippen LogP contribution in [-0.2, 0) is 20.9 Å². The number of alkyl halides is 3. The number of ether oxygens (including phenoxy) is 1. The summed E-state index contributed by atoms with van der Waals surface area (Å²) >= 11 is 0. The summed E-state index contributed by atoms with van der Waals surface area (Å²) in [5, 5.41) is -0.285. The predicted molar refractivity (Wildman–Crippen MR) is 92.7 cm³/mol. The van der Waals surface area contributed by atoms with Gasteiger partial charge in [-0.1, -0.05) is 6.92 Å². The van der Waals surface area contributed by atoms with Gasteiger partial charge in [0.25, 0.3) is 5.56 Å². The number of halogens is 3. The molecule has 0 spiro atoms. The van der Waals surface area contributed by atoms with Crippen molar-refractivity contribution in [3.05, 3.63) is 44.1 Å². The number of hydrogen-bond acceptors (Lipinski definition) is 5. The van der Waals surface area contributed by atoms with Crippen LogP contribution in [0.5, 0.6) is 0 Å². The molecule has 0 bridgehead atoms. The Hall–Kier alpha value is -2.34. The van der Waals surface area contributed by atoms with Crippen molar-refractivity contribution < 1.29 is 26.3 Å². The highest BCUT2D eigenvalue weighted by molar-refractivity contribution is 7.91. The van der Waals surface area contributed by atoms with E-state index in [0.29, 0.717) is 6.07 Å². The second kappa shape index (κ2) is 7.35. The smallest absolute Gasteiger partial charge is 0.374 e. The molecule has 8 nitrogen and oxygen atoms in total. The summed E-state index contributed by atoms with van der Waals surface area (Å²) in [6.07, 6.45) is -4.74. The summed E-state index contributed by atoms with van der Waals surface area (Å²) in [6, 6.07) is 1.63. The Morgan fingerprint density at radius 3 is 2.37 bits per heavy atom. The molecule has 1 atom stereocenters. The van der Waals surface area contributed by atoms with Gasteiger partial charge in [0.05, 0.1) is 28.8 Å². The molecule has 0 aliphatic carbocycles.